The highest BCUT2D eigenvalue weighted by atomic mass is 32.2. The molecule has 1 N–H and O–H groups in total. The summed E-state index contributed by atoms with van der Waals surface area (Å²) in [7, 11) is 3.59. The van der Waals surface area contributed by atoms with Gasteiger partial charge in [0.2, 0.25) is 0 Å². The topological polar surface area (TPSA) is 46.9 Å². The molecular weight excluding hydrogens is 222 g/mol. The second-order valence-electron chi connectivity index (χ2n) is 3.44. The highest BCUT2D eigenvalue weighted by molar-refractivity contribution is 7.98. The Bertz CT molecular complexity index is 592. The molecule has 0 aliphatic heterocycles. The minimum absolute atomic E-state index is 0.00277. The molecule has 1 heterocycles. The second kappa shape index (κ2) is 4.17. The van der Waals surface area contributed by atoms with Gasteiger partial charge in [0.15, 0.2) is 5.16 Å². The number of fused-ring (bicyclic) bond motifs is 1. The van der Waals surface area contributed by atoms with Crippen molar-refractivity contribution in [3.8, 4) is 0 Å². The molecule has 0 unspecified atom stereocenters. The molecule has 0 saturated carbocycles. The van der Waals surface area contributed by atoms with Crippen molar-refractivity contribution in [3.63, 3.8) is 0 Å². The maximum Gasteiger partial charge on any atom is 0.261 e. The van der Waals surface area contributed by atoms with E-state index in [1.165, 1.54) is 11.8 Å². The third kappa shape index (κ3) is 1.67. The molecule has 1 aromatic carbocycles. The third-order valence-electron chi connectivity index (χ3n) is 2.51. The zero-order valence-electron chi connectivity index (χ0n) is 9.44. The van der Waals surface area contributed by atoms with E-state index in [-0.39, 0.29) is 5.56 Å². The van der Waals surface area contributed by atoms with Gasteiger partial charge in [-0.15, -0.1) is 0 Å². The summed E-state index contributed by atoms with van der Waals surface area (Å²) in [5.74, 6) is 0. The SMILES string of the molecule is CNc1ccc2c(=O)n(C)c(SC)nc2c1. The number of nitrogens with one attached hydrogen (secondary N) is 1. The Balaban J connectivity index is 2.82. The molecule has 16 heavy (non-hydrogen) atoms. The van der Waals surface area contributed by atoms with E-state index in [1.54, 1.807) is 17.7 Å². The maximum absolute atomic E-state index is 12.0. The standard InChI is InChI=1S/C11H13N3OS/c1-12-7-4-5-8-9(6-7)13-11(16-3)14(2)10(8)15/h4-6,12H,1-3H3. The van der Waals surface area contributed by atoms with E-state index < -0.39 is 0 Å². The summed E-state index contributed by atoms with van der Waals surface area (Å²) in [6.07, 6.45) is 1.91. The maximum atomic E-state index is 12.0. The smallest absolute Gasteiger partial charge is 0.261 e. The van der Waals surface area contributed by atoms with Gasteiger partial charge >= 0.3 is 0 Å². The average Bonchev–Trinajstić information content (AvgIpc) is 2.33. The average molecular weight is 235 g/mol. The molecule has 2 aromatic rings. The molecule has 0 fully saturated rings. The molecule has 0 amide bonds. The van der Waals surface area contributed by atoms with Crippen LogP contribution in [-0.4, -0.2) is 22.9 Å². The number of hydrogen-bond acceptors (Lipinski definition) is 4. The first-order chi connectivity index (χ1) is 7.67. The number of nitrogens with zero attached hydrogens (tertiary/aromatic N) is 2. The number of anilines is 1. The summed E-state index contributed by atoms with van der Waals surface area (Å²) in [5, 5.41) is 4.41. The van der Waals surface area contributed by atoms with Gasteiger partial charge < -0.3 is 5.32 Å². The van der Waals surface area contributed by atoms with Crippen molar-refractivity contribution in [2.45, 2.75) is 5.16 Å². The van der Waals surface area contributed by atoms with E-state index in [4.69, 9.17) is 0 Å². The van der Waals surface area contributed by atoms with Gasteiger partial charge in [0.05, 0.1) is 10.9 Å². The highest BCUT2D eigenvalue weighted by Crippen LogP contribution is 2.17. The van der Waals surface area contributed by atoms with E-state index in [0.29, 0.717) is 5.39 Å². The van der Waals surface area contributed by atoms with Crippen LogP contribution in [0.4, 0.5) is 5.69 Å². The monoisotopic (exact) mass is 235 g/mol. The molecular formula is C11H13N3OS. The summed E-state index contributed by atoms with van der Waals surface area (Å²) in [6, 6.07) is 5.57. The van der Waals surface area contributed by atoms with Crippen molar-refractivity contribution in [2.24, 2.45) is 7.05 Å². The van der Waals surface area contributed by atoms with E-state index in [9.17, 15) is 4.79 Å². The fourth-order valence-electron chi connectivity index (χ4n) is 1.59. The van der Waals surface area contributed by atoms with Crippen LogP contribution in [0, 0.1) is 0 Å². The molecule has 84 valence electrons. The van der Waals surface area contributed by atoms with Gasteiger partial charge in [-0.1, -0.05) is 11.8 Å². The molecule has 1 aromatic heterocycles. The summed E-state index contributed by atoms with van der Waals surface area (Å²) < 4.78 is 1.58. The number of thioether (sulfide) groups is 1. The predicted molar refractivity (Wildman–Crippen MR) is 68.3 cm³/mol. The Morgan fingerprint density at radius 2 is 2.19 bits per heavy atom. The van der Waals surface area contributed by atoms with Gasteiger partial charge in [-0.3, -0.25) is 9.36 Å². The highest BCUT2D eigenvalue weighted by Gasteiger charge is 2.07. The Kier molecular flexibility index (Phi) is 2.87. The third-order valence-corrected chi connectivity index (χ3v) is 3.24. The first-order valence-corrected chi connectivity index (χ1v) is 6.12. The minimum Gasteiger partial charge on any atom is -0.388 e. The number of rotatable bonds is 2. The first-order valence-electron chi connectivity index (χ1n) is 4.90. The fourth-order valence-corrected chi connectivity index (χ4v) is 2.14. The van der Waals surface area contributed by atoms with Crippen LogP contribution in [0.3, 0.4) is 0 Å². The predicted octanol–water partition coefficient (Wildman–Crippen LogP) is 1.70. The Labute approximate surface area is 97.7 Å². The Morgan fingerprint density at radius 1 is 1.44 bits per heavy atom. The number of hydrogen-bond donors (Lipinski definition) is 1. The van der Waals surface area contributed by atoms with E-state index in [0.717, 1.165) is 16.4 Å². The Hall–Kier alpha value is -1.49. The van der Waals surface area contributed by atoms with Gasteiger partial charge in [-0.2, -0.15) is 0 Å². The van der Waals surface area contributed by atoms with Gasteiger partial charge in [0, 0.05) is 19.8 Å². The molecule has 0 atom stereocenters. The van der Waals surface area contributed by atoms with E-state index in [2.05, 4.69) is 10.3 Å². The van der Waals surface area contributed by atoms with Gasteiger partial charge in [-0.05, 0) is 24.5 Å². The van der Waals surface area contributed by atoms with Crippen LogP contribution in [0.1, 0.15) is 0 Å². The van der Waals surface area contributed by atoms with Crippen molar-refractivity contribution >= 4 is 28.4 Å². The normalized spacial score (nSPS) is 10.7. The van der Waals surface area contributed by atoms with E-state index >= 15 is 0 Å². The largest absolute Gasteiger partial charge is 0.388 e. The van der Waals surface area contributed by atoms with Crippen LogP contribution in [0.2, 0.25) is 0 Å². The van der Waals surface area contributed by atoms with Crippen LogP contribution in [0.15, 0.2) is 28.2 Å². The fraction of sp³-hybridized carbons (Fsp3) is 0.273. The molecule has 5 heteroatoms. The van der Waals surface area contributed by atoms with Crippen molar-refractivity contribution in [3.05, 3.63) is 28.6 Å². The molecule has 0 saturated heterocycles. The number of benzene rings is 1. The second-order valence-corrected chi connectivity index (χ2v) is 4.22. The van der Waals surface area contributed by atoms with Crippen LogP contribution < -0.4 is 10.9 Å². The summed E-state index contributed by atoms with van der Waals surface area (Å²) in [5.41, 5.74) is 1.69. The first kappa shape index (κ1) is 11.0. The van der Waals surface area contributed by atoms with Crippen LogP contribution in [0.25, 0.3) is 10.9 Å². The lowest BCUT2D eigenvalue weighted by molar-refractivity contribution is 0.727. The lowest BCUT2D eigenvalue weighted by Gasteiger charge is -2.07. The van der Waals surface area contributed by atoms with Gasteiger partial charge in [-0.25, -0.2) is 4.98 Å². The summed E-state index contributed by atoms with van der Waals surface area (Å²) in [6.45, 7) is 0. The lowest BCUT2D eigenvalue weighted by atomic mass is 10.2. The molecule has 0 spiro atoms. The van der Waals surface area contributed by atoms with Crippen molar-refractivity contribution < 1.29 is 0 Å². The van der Waals surface area contributed by atoms with Crippen molar-refractivity contribution in [1.82, 2.24) is 9.55 Å². The molecule has 2 rings (SSSR count). The molecule has 0 aliphatic carbocycles. The lowest BCUT2D eigenvalue weighted by Crippen LogP contribution is -2.19. The zero-order chi connectivity index (χ0) is 11.7. The molecule has 4 nitrogen and oxygen atoms in total. The van der Waals surface area contributed by atoms with E-state index in [1.807, 2.05) is 25.4 Å². The van der Waals surface area contributed by atoms with Crippen molar-refractivity contribution in [1.29, 1.82) is 0 Å². The molecule has 0 aliphatic rings. The zero-order valence-corrected chi connectivity index (χ0v) is 10.3. The summed E-state index contributed by atoms with van der Waals surface area (Å²) >= 11 is 1.47. The minimum atomic E-state index is -0.00277. The van der Waals surface area contributed by atoms with Gasteiger partial charge in [0.1, 0.15) is 0 Å². The van der Waals surface area contributed by atoms with Crippen LogP contribution in [0.5, 0.6) is 0 Å². The Morgan fingerprint density at radius 3 is 2.81 bits per heavy atom. The van der Waals surface area contributed by atoms with Gasteiger partial charge in [0.25, 0.3) is 5.56 Å². The molecule has 0 bridgehead atoms. The summed E-state index contributed by atoms with van der Waals surface area (Å²) in [4.78, 5) is 16.4. The van der Waals surface area contributed by atoms with Crippen LogP contribution >= 0.6 is 11.8 Å². The van der Waals surface area contributed by atoms with Crippen LogP contribution in [-0.2, 0) is 7.05 Å². The molecule has 0 radical (unpaired) electrons. The quantitative estimate of drug-likeness (QED) is 0.635. The number of aromatic nitrogens is 2. The van der Waals surface area contributed by atoms with Crippen molar-refractivity contribution in [2.75, 3.05) is 18.6 Å².